The average Bonchev–Trinajstić information content (AvgIpc) is 2.18. The van der Waals surface area contributed by atoms with Crippen LogP contribution in [0.25, 0.3) is 0 Å². The van der Waals surface area contributed by atoms with Gasteiger partial charge in [-0.1, -0.05) is 25.1 Å². The number of para-hydroxylation sites is 1. The van der Waals surface area contributed by atoms with Gasteiger partial charge in [0, 0.05) is 0 Å². The summed E-state index contributed by atoms with van der Waals surface area (Å²) in [5.74, 6) is 0.307. The van der Waals surface area contributed by atoms with E-state index in [1.54, 1.807) is 18.2 Å². The lowest BCUT2D eigenvalue weighted by Gasteiger charge is -2.11. The monoisotopic (exact) mass is 236 g/mol. The number of phosphoric acid groups is 1. The van der Waals surface area contributed by atoms with Gasteiger partial charge in [0.15, 0.2) is 0 Å². The Bertz CT molecular complexity index is 355. The van der Waals surface area contributed by atoms with Crippen LogP contribution in [-0.2, 0) is 15.1 Å². The van der Waals surface area contributed by atoms with E-state index in [0.717, 1.165) is 5.56 Å². The molecular formula is C8H10ClO4P. The molecule has 0 aliphatic heterocycles. The molecule has 0 saturated carbocycles. The fraction of sp³-hybridized carbons (Fsp3) is 0.250. The highest BCUT2D eigenvalue weighted by Gasteiger charge is 2.23. The molecule has 0 spiro atoms. The maximum atomic E-state index is 11.0. The second-order valence-electron chi connectivity index (χ2n) is 2.59. The summed E-state index contributed by atoms with van der Waals surface area (Å²) in [6, 6.07) is 6.89. The Morgan fingerprint density at radius 1 is 1.50 bits per heavy atom. The van der Waals surface area contributed by atoms with Crippen molar-refractivity contribution in [2.24, 2.45) is 0 Å². The van der Waals surface area contributed by atoms with Gasteiger partial charge in [-0.15, -0.1) is 0 Å². The van der Waals surface area contributed by atoms with Gasteiger partial charge in [-0.05, 0) is 18.1 Å². The third kappa shape index (κ3) is 3.00. The highest BCUT2D eigenvalue weighted by Crippen LogP contribution is 2.45. The first-order valence-electron chi connectivity index (χ1n) is 3.99. The van der Waals surface area contributed by atoms with Gasteiger partial charge in [-0.25, -0.2) is 4.57 Å². The standard InChI is InChI=1S/C8H10ClO4P/c1-2-7-5-3-4-6-8(7)12-14(10,11)13-9/h3-6H,2H2,1H3,(H,10,11). The maximum Gasteiger partial charge on any atom is 0.544 e. The summed E-state index contributed by atoms with van der Waals surface area (Å²) in [5.41, 5.74) is 0.815. The van der Waals surface area contributed by atoms with E-state index in [1.165, 1.54) is 0 Å². The predicted molar refractivity (Wildman–Crippen MR) is 53.2 cm³/mol. The van der Waals surface area contributed by atoms with Crippen LogP contribution >= 0.6 is 19.7 Å². The Morgan fingerprint density at radius 2 is 2.14 bits per heavy atom. The molecule has 14 heavy (non-hydrogen) atoms. The van der Waals surface area contributed by atoms with Crippen LogP contribution < -0.4 is 4.52 Å². The first kappa shape index (κ1) is 11.5. The molecule has 0 aliphatic rings. The molecule has 78 valence electrons. The molecule has 1 unspecified atom stereocenters. The largest absolute Gasteiger partial charge is 0.544 e. The van der Waals surface area contributed by atoms with Crippen LogP contribution in [0.4, 0.5) is 0 Å². The fourth-order valence-corrected chi connectivity index (χ4v) is 1.56. The Kier molecular flexibility index (Phi) is 3.96. The molecule has 1 aromatic carbocycles. The Labute approximate surface area is 87.2 Å². The third-order valence-corrected chi connectivity index (χ3v) is 2.78. The predicted octanol–water partition coefficient (Wildman–Crippen LogP) is 2.90. The Balaban J connectivity index is 2.91. The number of phosphoric ester groups is 1. The fourth-order valence-electron chi connectivity index (χ4n) is 1.02. The van der Waals surface area contributed by atoms with Gasteiger partial charge < -0.3 is 4.52 Å². The molecule has 1 N–H and O–H groups in total. The highest BCUT2D eigenvalue weighted by molar-refractivity contribution is 7.48. The van der Waals surface area contributed by atoms with E-state index >= 15 is 0 Å². The van der Waals surface area contributed by atoms with Gasteiger partial charge in [0.05, 0.1) is 11.9 Å². The van der Waals surface area contributed by atoms with Crippen LogP contribution in [0.1, 0.15) is 12.5 Å². The molecule has 1 atom stereocenters. The molecule has 0 bridgehead atoms. The second-order valence-corrected chi connectivity index (χ2v) is 4.26. The Morgan fingerprint density at radius 3 is 2.71 bits per heavy atom. The molecule has 0 heterocycles. The van der Waals surface area contributed by atoms with Crippen molar-refractivity contribution in [3.8, 4) is 5.75 Å². The summed E-state index contributed by atoms with van der Waals surface area (Å²) in [4.78, 5) is 8.98. The molecule has 1 aromatic rings. The summed E-state index contributed by atoms with van der Waals surface area (Å²) < 4.78 is 19.5. The van der Waals surface area contributed by atoms with E-state index in [2.05, 4.69) is 4.08 Å². The molecule has 0 fully saturated rings. The lowest BCUT2D eigenvalue weighted by atomic mass is 10.1. The summed E-state index contributed by atoms with van der Waals surface area (Å²) in [6.45, 7) is 1.91. The van der Waals surface area contributed by atoms with E-state index in [-0.39, 0.29) is 0 Å². The molecule has 0 amide bonds. The van der Waals surface area contributed by atoms with Gasteiger partial charge in [0.1, 0.15) is 5.75 Å². The van der Waals surface area contributed by atoms with Crippen LogP contribution in [-0.4, -0.2) is 4.89 Å². The van der Waals surface area contributed by atoms with Crippen molar-refractivity contribution in [3.05, 3.63) is 29.8 Å². The zero-order valence-corrected chi connectivity index (χ0v) is 9.16. The second kappa shape index (κ2) is 4.80. The van der Waals surface area contributed by atoms with Crippen LogP contribution in [0.3, 0.4) is 0 Å². The minimum atomic E-state index is -4.17. The van der Waals surface area contributed by atoms with Gasteiger partial charge in [0.2, 0.25) is 0 Å². The molecular weight excluding hydrogens is 227 g/mol. The average molecular weight is 237 g/mol. The van der Waals surface area contributed by atoms with Crippen molar-refractivity contribution >= 4 is 19.7 Å². The Hall–Kier alpha value is -0.540. The number of hydrogen-bond acceptors (Lipinski definition) is 3. The lowest BCUT2D eigenvalue weighted by molar-refractivity contribution is 0.299. The number of benzene rings is 1. The van der Waals surface area contributed by atoms with E-state index in [1.807, 2.05) is 13.0 Å². The normalized spacial score (nSPS) is 14.8. The molecule has 4 nitrogen and oxygen atoms in total. The van der Waals surface area contributed by atoms with Gasteiger partial charge >= 0.3 is 7.82 Å². The van der Waals surface area contributed by atoms with Crippen molar-refractivity contribution in [2.75, 3.05) is 0 Å². The number of hydrogen-bond donors (Lipinski definition) is 1. The van der Waals surface area contributed by atoms with Crippen molar-refractivity contribution < 1.29 is 18.1 Å². The van der Waals surface area contributed by atoms with Crippen molar-refractivity contribution in [1.82, 2.24) is 0 Å². The first-order chi connectivity index (χ1) is 6.59. The summed E-state index contributed by atoms with van der Waals surface area (Å²) >= 11 is 4.80. The van der Waals surface area contributed by atoms with E-state index in [4.69, 9.17) is 21.3 Å². The minimum Gasteiger partial charge on any atom is -0.403 e. The van der Waals surface area contributed by atoms with Crippen LogP contribution in [0.5, 0.6) is 5.75 Å². The van der Waals surface area contributed by atoms with Crippen molar-refractivity contribution in [2.45, 2.75) is 13.3 Å². The van der Waals surface area contributed by atoms with E-state index in [0.29, 0.717) is 12.2 Å². The first-order valence-corrected chi connectivity index (χ1v) is 5.80. The molecule has 0 radical (unpaired) electrons. The van der Waals surface area contributed by atoms with Crippen molar-refractivity contribution in [3.63, 3.8) is 0 Å². The molecule has 0 aromatic heterocycles. The van der Waals surface area contributed by atoms with Gasteiger partial charge in [0.25, 0.3) is 0 Å². The number of rotatable bonds is 4. The van der Waals surface area contributed by atoms with Crippen molar-refractivity contribution in [1.29, 1.82) is 0 Å². The van der Waals surface area contributed by atoms with Gasteiger partial charge in [-0.3, -0.25) is 4.89 Å². The summed E-state index contributed by atoms with van der Waals surface area (Å²) in [6.07, 6.45) is 0.693. The summed E-state index contributed by atoms with van der Waals surface area (Å²) in [5, 5.41) is 0. The smallest absolute Gasteiger partial charge is 0.403 e. The van der Waals surface area contributed by atoms with Crippen LogP contribution in [0.2, 0.25) is 0 Å². The zero-order chi connectivity index (χ0) is 10.6. The van der Waals surface area contributed by atoms with E-state index in [9.17, 15) is 4.57 Å². The SMILES string of the molecule is CCc1ccccc1OP(=O)(O)OCl. The maximum absolute atomic E-state index is 11.0. The number of aryl methyl sites for hydroxylation is 1. The third-order valence-electron chi connectivity index (χ3n) is 1.65. The topological polar surface area (TPSA) is 55.8 Å². The summed E-state index contributed by atoms with van der Waals surface area (Å²) in [7, 11) is -4.17. The molecule has 0 saturated heterocycles. The molecule has 1 rings (SSSR count). The minimum absolute atomic E-state index is 0.307. The quantitative estimate of drug-likeness (QED) is 0.817. The molecule has 6 heteroatoms. The van der Waals surface area contributed by atoms with E-state index < -0.39 is 7.82 Å². The number of halogens is 1. The zero-order valence-electron chi connectivity index (χ0n) is 7.51. The molecule has 0 aliphatic carbocycles. The van der Waals surface area contributed by atoms with Crippen LogP contribution in [0, 0.1) is 0 Å². The van der Waals surface area contributed by atoms with Crippen LogP contribution in [0.15, 0.2) is 24.3 Å². The van der Waals surface area contributed by atoms with Gasteiger partial charge in [-0.2, -0.15) is 4.08 Å². The highest BCUT2D eigenvalue weighted by atomic mass is 35.5. The lowest BCUT2D eigenvalue weighted by Crippen LogP contribution is -1.94.